The zero-order valence-electron chi connectivity index (χ0n) is 21.6. The van der Waals surface area contributed by atoms with E-state index in [1.165, 1.54) is 5.56 Å². The summed E-state index contributed by atoms with van der Waals surface area (Å²) in [5.41, 5.74) is 3.77. The monoisotopic (exact) mass is 500 g/mol. The lowest BCUT2D eigenvalue weighted by atomic mass is 9.97. The number of urea groups is 1. The number of para-hydroxylation sites is 2. The summed E-state index contributed by atoms with van der Waals surface area (Å²) in [6.45, 7) is 7.02. The smallest absolute Gasteiger partial charge is 0.323 e. The molecule has 7 nitrogen and oxygen atoms in total. The van der Waals surface area contributed by atoms with Gasteiger partial charge in [0.05, 0.1) is 17.9 Å². The highest BCUT2D eigenvalue weighted by atomic mass is 16.5. The lowest BCUT2D eigenvalue weighted by molar-refractivity contribution is 0.0954. The van der Waals surface area contributed by atoms with Crippen LogP contribution >= 0.6 is 0 Å². The Balaban J connectivity index is 1.49. The van der Waals surface area contributed by atoms with Crippen LogP contribution in [0, 0.1) is 5.92 Å². The zero-order chi connectivity index (χ0) is 26.0. The van der Waals surface area contributed by atoms with Crippen LogP contribution in [0.15, 0.2) is 72.8 Å². The van der Waals surface area contributed by atoms with Crippen molar-refractivity contribution in [2.24, 2.45) is 5.92 Å². The maximum atomic E-state index is 13.3. The molecule has 0 spiro atoms. The maximum Gasteiger partial charge on any atom is 0.323 e. The van der Waals surface area contributed by atoms with Gasteiger partial charge in [-0.25, -0.2) is 4.79 Å². The van der Waals surface area contributed by atoms with Gasteiger partial charge in [0.25, 0.3) is 5.91 Å². The van der Waals surface area contributed by atoms with Crippen LogP contribution in [0.1, 0.15) is 42.6 Å². The van der Waals surface area contributed by atoms with Gasteiger partial charge in [-0.1, -0.05) is 49.4 Å². The predicted molar refractivity (Wildman–Crippen MR) is 150 cm³/mol. The molecule has 1 aliphatic rings. The first-order valence-electron chi connectivity index (χ1n) is 13.0. The Morgan fingerprint density at radius 2 is 1.68 bits per heavy atom. The minimum absolute atomic E-state index is 0.143. The molecule has 1 heterocycles. The highest BCUT2D eigenvalue weighted by Gasteiger charge is 2.22. The fourth-order valence-electron chi connectivity index (χ4n) is 4.52. The van der Waals surface area contributed by atoms with Crippen LogP contribution in [0.25, 0.3) is 0 Å². The van der Waals surface area contributed by atoms with Crippen molar-refractivity contribution in [3.63, 3.8) is 0 Å². The van der Waals surface area contributed by atoms with Crippen LogP contribution in [0.2, 0.25) is 0 Å². The first-order chi connectivity index (χ1) is 18.0. The molecule has 1 aliphatic heterocycles. The quantitative estimate of drug-likeness (QED) is 0.340. The first-order valence-corrected chi connectivity index (χ1v) is 13.0. The van der Waals surface area contributed by atoms with E-state index in [0.717, 1.165) is 38.0 Å². The van der Waals surface area contributed by atoms with Crippen molar-refractivity contribution in [1.29, 1.82) is 0 Å². The third-order valence-corrected chi connectivity index (χ3v) is 6.60. The van der Waals surface area contributed by atoms with Gasteiger partial charge >= 0.3 is 6.03 Å². The molecule has 3 aromatic rings. The summed E-state index contributed by atoms with van der Waals surface area (Å²) >= 11 is 0. The Labute approximate surface area is 219 Å². The molecule has 4 rings (SSSR count). The van der Waals surface area contributed by atoms with Gasteiger partial charge in [0, 0.05) is 31.0 Å². The summed E-state index contributed by atoms with van der Waals surface area (Å²) in [4.78, 5) is 28.4. The van der Waals surface area contributed by atoms with Crippen molar-refractivity contribution >= 4 is 29.0 Å². The van der Waals surface area contributed by atoms with Crippen molar-refractivity contribution < 1.29 is 14.3 Å². The lowest BCUT2D eigenvalue weighted by Crippen LogP contribution is -2.35. The average molecular weight is 501 g/mol. The van der Waals surface area contributed by atoms with E-state index in [-0.39, 0.29) is 5.91 Å². The number of nitrogens with zero attached hydrogens (tertiary/aromatic N) is 1. The number of anilines is 3. The summed E-state index contributed by atoms with van der Waals surface area (Å²) in [5.74, 6) is 1.15. The van der Waals surface area contributed by atoms with Gasteiger partial charge in [0.1, 0.15) is 5.75 Å². The van der Waals surface area contributed by atoms with Crippen molar-refractivity contribution in [2.75, 3.05) is 41.8 Å². The molecule has 0 aliphatic carbocycles. The van der Waals surface area contributed by atoms with Gasteiger partial charge < -0.3 is 25.6 Å². The second kappa shape index (κ2) is 12.8. The summed E-state index contributed by atoms with van der Waals surface area (Å²) in [7, 11) is 0. The summed E-state index contributed by atoms with van der Waals surface area (Å²) < 4.78 is 5.60. The number of rotatable bonds is 9. The topological polar surface area (TPSA) is 82.7 Å². The molecule has 0 radical (unpaired) electrons. The number of ether oxygens (including phenoxy) is 1. The van der Waals surface area contributed by atoms with E-state index in [2.05, 4.69) is 39.9 Å². The number of carbonyl (C=O) groups excluding carboxylic acids is 2. The second-order valence-corrected chi connectivity index (χ2v) is 9.40. The maximum absolute atomic E-state index is 13.3. The van der Waals surface area contributed by atoms with Crippen molar-refractivity contribution in [3.8, 4) is 5.75 Å². The van der Waals surface area contributed by atoms with Crippen molar-refractivity contribution in [1.82, 2.24) is 5.32 Å². The predicted octanol–water partition coefficient (Wildman–Crippen LogP) is 5.94. The molecule has 1 fully saturated rings. The Morgan fingerprint density at radius 1 is 0.946 bits per heavy atom. The molecule has 3 N–H and O–H groups in total. The van der Waals surface area contributed by atoms with E-state index in [0.29, 0.717) is 41.8 Å². The molecule has 0 unspecified atom stereocenters. The summed E-state index contributed by atoms with van der Waals surface area (Å²) in [6.07, 6.45) is 2.94. The number of amides is 3. The van der Waals surface area contributed by atoms with Gasteiger partial charge in [0.2, 0.25) is 0 Å². The van der Waals surface area contributed by atoms with Gasteiger partial charge in [-0.2, -0.15) is 0 Å². The van der Waals surface area contributed by atoms with Crippen molar-refractivity contribution in [3.05, 3.63) is 83.9 Å². The number of benzene rings is 3. The third-order valence-electron chi connectivity index (χ3n) is 6.60. The Kier molecular flexibility index (Phi) is 9.03. The van der Waals surface area contributed by atoms with Crippen LogP contribution in [0.4, 0.5) is 21.9 Å². The fourth-order valence-corrected chi connectivity index (χ4v) is 4.52. The minimum atomic E-state index is -0.401. The molecule has 1 saturated heterocycles. The number of hydrogen-bond acceptors (Lipinski definition) is 4. The summed E-state index contributed by atoms with van der Waals surface area (Å²) in [5, 5.41) is 8.78. The molecule has 0 aromatic heterocycles. The number of nitrogens with one attached hydrogen (secondary N) is 3. The van der Waals surface area contributed by atoms with E-state index in [4.69, 9.17) is 4.74 Å². The fraction of sp³-hybridized carbons (Fsp3) is 0.333. The van der Waals surface area contributed by atoms with E-state index in [1.54, 1.807) is 12.1 Å². The van der Waals surface area contributed by atoms with Crippen LogP contribution in [0.5, 0.6) is 5.75 Å². The molecule has 0 saturated carbocycles. The molecule has 37 heavy (non-hydrogen) atoms. The highest BCUT2D eigenvalue weighted by Crippen LogP contribution is 2.29. The Bertz CT molecular complexity index is 1190. The highest BCUT2D eigenvalue weighted by molar-refractivity contribution is 6.04. The molecular weight excluding hydrogens is 464 g/mol. The lowest BCUT2D eigenvalue weighted by Gasteiger charge is -2.33. The minimum Gasteiger partial charge on any atom is -0.492 e. The Hall–Kier alpha value is -4.00. The van der Waals surface area contributed by atoms with E-state index in [1.807, 2.05) is 55.5 Å². The number of carbonyl (C=O) groups is 2. The molecule has 194 valence electrons. The van der Waals surface area contributed by atoms with Crippen LogP contribution in [0.3, 0.4) is 0 Å². The van der Waals surface area contributed by atoms with Gasteiger partial charge in [-0.05, 0) is 68.0 Å². The molecule has 3 aromatic carbocycles. The number of piperidine rings is 1. The summed E-state index contributed by atoms with van der Waals surface area (Å²) in [6, 6.07) is 22.5. The van der Waals surface area contributed by atoms with Gasteiger partial charge in [-0.15, -0.1) is 0 Å². The average Bonchev–Trinajstić information content (AvgIpc) is 2.91. The molecule has 0 bridgehead atoms. The molecule has 3 amide bonds. The third kappa shape index (κ3) is 7.26. The standard InChI is InChI=1S/C30H36N4O3/c1-3-37-28-12-8-7-11-26(28)33-30(36)32-24-13-14-27(34-19-16-22(2)17-20-34)25(21-24)29(35)31-18-15-23-9-5-4-6-10-23/h4-14,21-22H,3,15-20H2,1-2H3,(H,31,35)(H2,32,33,36). The molecule has 7 heteroatoms. The largest absolute Gasteiger partial charge is 0.492 e. The van der Waals surface area contributed by atoms with E-state index < -0.39 is 6.03 Å². The van der Waals surface area contributed by atoms with Crippen molar-refractivity contribution in [2.45, 2.75) is 33.1 Å². The van der Waals surface area contributed by atoms with Crippen LogP contribution in [-0.2, 0) is 6.42 Å². The number of hydrogen-bond donors (Lipinski definition) is 3. The van der Waals surface area contributed by atoms with Gasteiger partial charge in [0.15, 0.2) is 0 Å². The molecule has 0 atom stereocenters. The second-order valence-electron chi connectivity index (χ2n) is 9.40. The van der Waals surface area contributed by atoms with E-state index in [9.17, 15) is 9.59 Å². The van der Waals surface area contributed by atoms with E-state index >= 15 is 0 Å². The normalized spacial score (nSPS) is 13.6. The SMILES string of the molecule is CCOc1ccccc1NC(=O)Nc1ccc(N2CCC(C)CC2)c(C(=O)NCCc2ccccc2)c1. The van der Waals surface area contributed by atoms with Crippen LogP contribution in [-0.4, -0.2) is 38.2 Å². The van der Waals surface area contributed by atoms with Gasteiger partial charge in [-0.3, -0.25) is 4.79 Å². The zero-order valence-corrected chi connectivity index (χ0v) is 21.6. The first kappa shape index (κ1) is 26.1. The Morgan fingerprint density at radius 3 is 2.43 bits per heavy atom. The van der Waals surface area contributed by atoms with Crippen LogP contribution < -0.4 is 25.6 Å². The molecular formula is C30H36N4O3.